The van der Waals surface area contributed by atoms with Gasteiger partial charge in [0, 0.05) is 6.54 Å². The predicted molar refractivity (Wildman–Crippen MR) is 38.4 cm³/mol. The number of nitriles is 1. The molecule has 0 radical (unpaired) electrons. The number of hydrogen-bond acceptors (Lipinski definition) is 3. The molecule has 0 unspecified atom stereocenters. The van der Waals surface area contributed by atoms with E-state index in [0.717, 1.165) is 12.8 Å². The third-order valence-electron chi connectivity index (χ3n) is 1.70. The van der Waals surface area contributed by atoms with Crippen LogP contribution in [-0.4, -0.2) is 15.0 Å². The van der Waals surface area contributed by atoms with Crippen molar-refractivity contribution in [2.45, 2.75) is 12.8 Å². The second-order valence-electron chi connectivity index (χ2n) is 2.76. The molecule has 6 heteroatoms. The minimum atomic E-state index is -3.63. The Kier molecular flexibility index (Phi) is 1.88. The summed E-state index contributed by atoms with van der Waals surface area (Å²) in [6.07, 6.45) is 1.51. The maximum absolute atomic E-state index is 10.4. The van der Waals surface area contributed by atoms with Gasteiger partial charge in [-0.25, -0.2) is 9.86 Å². The second kappa shape index (κ2) is 2.44. The standard InChI is InChI=1S/C5H9N3O2S/c6-3-5(1-2-5)4-8-11(7,9)10/h8H,1-2,4H2,(H2,7,9,10). The fourth-order valence-electron chi connectivity index (χ4n) is 0.718. The van der Waals surface area contributed by atoms with Crippen molar-refractivity contribution in [1.82, 2.24) is 4.72 Å². The molecule has 0 spiro atoms. The second-order valence-corrected chi connectivity index (χ2v) is 4.14. The Bertz CT molecular complexity index is 285. The molecule has 0 aromatic heterocycles. The summed E-state index contributed by atoms with van der Waals surface area (Å²) in [5.41, 5.74) is -0.466. The molecule has 0 aromatic rings. The van der Waals surface area contributed by atoms with Crippen LogP contribution < -0.4 is 9.86 Å². The number of hydrogen-bond donors (Lipinski definition) is 2. The Balaban J connectivity index is 2.41. The van der Waals surface area contributed by atoms with Crippen LogP contribution in [0.3, 0.4) is 0 Å². The van der Waals surface area contributed by atoms with Gasteiger partial charge >= 0.3 is 0 Å². The minimum Gasteiger partial charge on any atom is -0.216 e. The van der Waals surface area contributed by atoms with Crippen LogP contribution in [0, 0.1) is 16.7 Å². The Morgan fingerprint density at radius 2 is 2.18 bits per heavy atom. The molecule has 0 bridgehead atoms. The van der Waals surface area contributed by atoms with Gasteiger partial charge in [0.1, 0.15) is 0 Å². The minimum absolute atomic E-state index is 0.141. The van der Waals surface area contributed by atoms with E-state index in [9.17, 15) is 8.42 Å². The van der Waals surface area contributed by atoms with Crippen LogP contribution in [0.5, 0.6) is 0 Å². The molecule has 1 aliphatic carbocycles. The highest BCUT2D eigenvalue weighted by Gasteiger charge is 2.43. The third kappa shape index (κ3) is 2.46. The maximum atomic E-state index is 10.4. The molecular formula is C5H9N3O2S. The number of nitrogens with two attached hydrogens (primary N) is 1. The highest BCUT2D eigenvalue weighted by Crippen LogP contribution is 2.44. The molecule has 5 nitrogen and oxygen atoms in total. The average molecular weight is 175 g/mol. The molecule has 1 fully saturated rings. The topological polar surface area (TPSA) is 96.0 Å². The Morgan fingerprint density at radius 1 is 1.64 bits per heavy atom. The molecule has 0 atom stereocenters. The van der Waals surface area contributed by atoms with Crippen LogP contribution >= 0.6 is 0 Å². The van der Waals surface area contributed by atoms with Crippen molar-refractivity contribution in [3.63, 3.8) is 0 Å². The quantitative estimate of drug-likeness (QED) is 0.580. The van der Waals surface area contributed by atoms with E-state index < -0.39 is 15.6 Å². The molecule has 3 N–H and O–H groups in total. The van der Waals surface area contributed by atoms with Crippen molar-refractivity contribution >= 4 is 10.2 Å². The van der Waals surface area contributed by atoms with E-state index in [1.807, 2.05) is 6.07 Å². The summed E-state index contributed by atoms with van der Waals surface area (Å²) in [7, 11) is -3.63. The summed E-state index contributed by atoms with van der Waals surface area (Å²) >= 11 is 0. The van der Waals surface area contributed by atoms with Crippen LogP contribution in [0.15, 0.2) is 0 Å². The van der Waals surface area contributed by atoms with Crippen LogP contribution in [0.4, 0.5) is 0 Å². The van der Waals surface area contributed by atoms with E-state index in [4.69, 9.17) is 5.26 Å². The highest BCUT2D eigenvalue weighted by atomic mass is 32.2. The van der Waals surface area contributed by atoms with E-state index >= 15 is 0 Å². The fraction of sp³-hybridized carbons (Fsp3) is 0.800. The van der Waals surface area contributed by atoms with Gasteiger partial charge in [0.15, 0.2) is 0 Å². The van der Waals surface area contributed by atoms with Crippen molar-refractivity contribution < 1.29 is 8.42 Å². The van der Waals surface area contributed by atoms with Crippen molar-refractivity contribution in [1.29, 1.82) is 5.26 Å². The van der Waals surface area contributed by atoms with Gasteiger partial charge < -0.3 is 0 Å². The van der Waals surface area contributed by atoms with Gasteiger partial charge in [0.25, 0.3) is 10.2 Å². The first-order valence-electron chi connectivity index (χ1n) is 3.16. The predicted octanol–water partition coefficient (Wildman–Crippen LogP) is -0.917. The van der Waals surface area contributed by atoms with Gasteiger partial charge in [-0.3, -0.25) is 0 Å². The Hall–Kier alpha value is -0.640. The Labute approximate surface area is 65.4 Å². The van der Waals surface area contributed by atoms with Crippen molar-refractivity contribution in [2.24, 2.45) is 10.6 Å². The van der Waals surface area contributed by atoms with Gasteiger partial charge in [-0.1, -0.05) is 0 Å². The van der Waals surface area contributed by atoms with Gasteiger partial charge in [0.2, 0.25) is 0 Å². The summed E-state index contributed by atoms with van der Waals surface area (Å²) < 4.78 is 22.9. The molecule has 0 saturated heterocycles. The van der Waals surface area contributed by atoms with E-state index in [0.29, 0.717) is 0 Å². The zero-order chi connectivity index (χ0) is 8.54. The number of nitrogens with one attached hydrogen (secondary N) is 1. The van der Waals surface area contributed by atoms with Crippen LogP contribution in [0.25, 0.3) is 0 Å². The number of rotatable bonds is 3. The number of nitrogens with zero attached hydrogens (tertiary/aromatic N) is 1. The summed E-state index contributed by atoms with van der Waals surface area (Å²) in [5, 5.41) is 13.2. The SMILES string of the molecule is N#CC1(CNS(N)(=O)=O)CC1. The molecular weight excluding hydrogens is 166 g/mol. The molecule has 1 saturated carbocycles. The van der Waals surface area contributed by atoms with Gasteiger partial charge in [-0.05, 0) is 12.8 Å². The van der Waals surface area contributed by atoms with Crippen molar-refractivity contribution in [3.8, 4) is 6.07 Å². The van der Waals surface area contributed by atoms with Crippen LogP contribution in [0.1, 0.15) is 12.8 Å². The van der Waals surface area contributed by atoms with E-state index in [1.54, 1.807) is 0 Å². The van der Waals surface area contributed by atoms with E-state index in [-0.39, 0.29) is 6.54 Å². The average Bonchev–Trinajstić information content (AvgIpc) is 2.63. The lowest BCUT2D eigenvalue weighted by Crippen LogP contribution is -2.34. The lowest BCUT2D eigenvalue weighted by Gasteiger charge is -2.04. The first-order chi connectivity index (χ1) is 4.97. The van der Waals surface area contributed by atoms with Crippen molar-refractivity contribution in [3.05, 3.63) is 0 Å². The molecule has 0 heterocycles. The summed E-state index contributed by atoms with van der Waals surface area (Å²) in [6, 6.07) is 2.04. The Morgan fingerprint density at radius 3 is 2.45 bits per heavy atom. The van der Waals surface area contributed by atoms with E-state index in [2.05, 4.69) is 9.86 Å². The fourth-order valence-corrected chi connectivity index (χ4v) is 1.20. The highest BCUT2D eigenvalue weighted by molar-refractivity contribution is 7.87. The first-order valence-corrected chi connectivity index (χ1v) is 4.71. The summed E-state index contributed by atoms with van der Waals surface area (Å²) in [5.74, 6) is 0. The first kappa shape index (κ1) is 8.46. The third-order valence-corrected chi connectivity index (χ3v) is 2.25. The molecule has 62 valence electrons. The van der Waals surface area contributed by atoms with Gasteiger partial charge in [0.05, 0.1) is 11.5 Å². The molecule has 11 heavy (non-hydrogen) atoms. The molecule has 0 amide bonds. The zero-order valence-corrected chi connectivity index (χ0v) is 6.69. The largest absolute Gasteiger partial charge is 0.274 e. The van der Waals surface area contributed by atoms with Gasteiger partial charge in [-0.15, -0.1) is 0 Å². The van der Waals surface area contributed by atoms with E-state index in [1.165, 1.54) is 0 Å². The smallest absolute Gasteiger partial charge is 0.216 e. The van der Waals surface area contributed by atoms with Crippen LogP contribution in [-0.2, 0) is 10.2 Å². The molecule has 1 rings (SSSR count). The lowest BCUT2D eigenvalue weighted by atomic mass is 10.1. The summed E-state index contributed by atoms with van der Waals surface area (Å²) in [6.45, 7) is 0.141. The maximum Gasteiger partial charge on any atom is 0.274 e. The zero-order valence-electron chi connectivity index (χ0n) is 5.87. The lowest BCUT2D eigenvalue weighted by molar-refractivity contribution is 0.564. The molecule has 1 aliphatic rings. The van der Waals surface area contributed by atoms with Gasteiger partial charge in [-0.2, -0.15) is 13.7 Å². The normalized spacial score (nSPS) is 20.7. The van der Waals surface area contributed by atoms with Crippen LogP contribution in [0.2, 0.25) is 0 Å². The van der Waals surface area contributed by atoms with Crippen molar-refractivity contribution in [2.75, 3.05) is 6.54 Å². The monoisotopic (exact) mass is 175 g/mol. The molecule has 0 aromatic carbocycles. The summed E-state index contributed by atoms with van der Waals surface area (Å²) in [4.78, 5) is 0. The molecule has 0 aliphatic heterocycles.